The van der Waals surface area contributed by atoms with Crippen molar-refractivity contribution >= 4 is 10.4 Å². The van der Waals surface area contributed by atoms with E-state index in [1.807, 2.05) is 0 Å². The summed E-state index contributed by atoms with van der Waals surface area (Å²) in [7, 11) is -4.43. The van der Waals surface area contributed by atoms with Crippen molar-refractivity contribution in [1.29, 1.82) is 0 Å². The van der Waals surface area contributed by atoms with Crippen LogP contribution in [0.4, 0.5) is 3.89 Å². The van der Waals surface area contributed by atoms with Gasteiger partial charge in [-0.3, -0.25) is 0 Å². The molecule has 0 aliphatic carbocycles. The van der Waals surface area contributed by atoms with Gasteiger partial charge >= 0.3 is 10.4 Å². The quantitative estimate of drug-likeness (QED) is 0.558. The summed E-state index contributed by atoms with van der Waals surface area (Å²) in [5, 5.41) is 0. The van der Waals surface area contributed by atoms with Crippen LogP contribution >= 0.6 is 0 Å². The summed E-state index contributed by atoms with van der Waals surface area (Å²) in [5.74, 6) is 0. The smallest absolute Gasteiger partial charge is 0.177 e. The molecule has 0 spiro atoms. The molecule has 0 fully saturated rings. The second-order valence-corrected chi connectivity index (χ2v) is 2.87. The summed E-state index contributed by atoms with van der Waals surface area (Å²) in [6.45, 7) is 3.55. The molecule has 9 heavy (non-hydrogen) atoms. The third kappa shape index (κ3) is 2.76. The molecular weight excluding hydrogens is 145 g/mol. The molecule has 0 radical (unpaired) electrons. The largest absolute Gasteiger partial charge is 0.374 e. The molecular formula is C4H10FNO2S. The van der Waals surface area contributed by atoms with E-state index in [1.165, 1.54) is 0 Å². The molecule has 0 aliphatic heterocycles. The van der Waals surface area contributed by atoms with Gasteiger partial charge in [0.1, 0.15) is 0 Å². The topological polar surface area (TPSA) is 37.4 Å². The van der Waals surface area contributed by atoms with E-state index in [0.29, 0.717) is 0 Å². The molecule has 5 heteroatoms. The fraction of sp³-hybridized carbons (Fsp3) is 1.00. The number of halogens is 1. The van der Waals surface area contributed by atoms with Gasteiger partial charge in [-0.15, -0.1) is 0 Å². The van der Waals surface area contributed by atoms with Gasteiger partial charge in [-0.25, -0.2) is 0 Å². The van der Waals surface area contributed by atoms with Gasteiger partial charge in [0.2, 0.25) is 0 Å². The number of hydrogen-bond acceptors (Lipinski definition) is 2. The number of nitrogens with zero attached hydrogens (tertiary/aromatic N) is 1. The van der Waals surface area contributed by atoms with Gasteiger partial charge in [-0.05, 0) is 0 Å². The predicted molar refractivity (Wildman–Crippen MR) is 32.9 cm³/mol. The van der Waals surface area contributed by atoms with Crippen molar-refractivity contribution in [3.63, 3.8) is 0 Å². The fourth-order valence-electron chi connectivity index (χ4n) is 0.532. The van der Waals surface area contributed by atoms with Crippen LogP contribution in [0.3, 0.4) is 0 Å². The van der Waals surface area contributed by atoms with E-state index in [2.05, 4.69) is 0 Å². The maximum Gasteiger partial charge on any atom is 0.374 e. The molecule has 56 valence electrons. The van der Waals surface area contributed by atoms with Crippen molar-refractivity contribution in [3.05, 3.63) is 0 Å². The monoisotopic (exact) mass is 155 g/mol. The average Bonchev–Trinajstić information content (AvgIpc) is 1.65. The lowest BCUT2D eigenvalue weighted by Gasteiger charge is -2.10. The Bertz CT molecular complexity index is 161. The first-order valence-electron chi connectivity index (χ1n) is 2.72. The lowest BCUT2D eigenvalue weighted by molar-refractivity contribution is 0.412. The number of rotatable bonds is 3. The lowest BCUT2D eigenvalue weighted by atomic mass is 10.7. The van der Waals surface area contributed by atoms with Crippen LogP contribution in [0.2, 0.25) is 0 Å². The highest BCUT2D eigenvalue weighted by molar-refractivity contribution is 7.83. The van der Waals surface area contributed by atoms with E-state index in [0.717, 1.165) is 4.31 Å². The predicted octanol–water partition coefficient (Wildman–Crippen LogP) is 0.543. The Morgan fingerprint density at radius 1 is 1.33 bits per heavy atom. The minimum Gasteiger partial charge on any atom is -0.177 e. The van der Waals surface area contributed by atoms with Crippen LogP contribution in [0.1, 0.15) is 13.8 Å². The van der Waals surface area contributed by atoms with Gasteiger partial charge in [-0.2, -0.15) is 12.7 Å². The van der Waals surface area contributed by atoms with E-state index in [4.69, 9.17) is 0 Å². The number of hydrogen-bond donors (Lipinski definition) is 0. The molecule has 0 amide bonds. The summed E-state index contributed by atoms with van der Waals surface area (Å²) in [6, 6.07) is 0. The average molecular weight is 155 g/mol. The molecule has 0 aliphatic rings. The Morgan fingerprint density at radius 2 is 1.67 bits per heavy atom. The maximum atomic E-state index is 12.0. The molecule has 0 aromatic carbocycles. The van der Waals surface area contributed by atoms with E-state index in [9.17, 15) is 12.3 Å². The highest BCUT2D eigenvalue weighted by atomic mass is 32.3. The zero-order chi connectivity index (χ0) is 7.49. The van der Waals surface area contributed by atoms with E-state index in [-0.39, 0.29) is 13.1 Å². The van der Waals surface area contributed by atoms with E-state index < -0.39 is 10.4 Å². The summed E-state index contributed by atoms with van der Waals surface area (Å²) in [6.07, 6.45) is 0. The first-order valence-corrected chi connectivity index (χ1v) is 4.06. The van der Waals surface area contributed by atoms with Crippen LogP contribution in [0.15, 0.2) is 0 Å². The molecule has 0 N–H and O–H groups in total. The SMILES string of the molecule is CCN(CC)S(=O)(=O)F. The molecule has 0 unspecified atom stereocenters. The first-order chi connectivity index (χ1) is 4.02. The van der Waals surface area contributed by atoms with Crippen LogP contribution in [-0.4, -0.2) is 25.8 Å². The highest BCUT2D eigenvalue weighted by Crippen LogP contribution is 1.99. The van der Waals surface area contributed by atoms with Crippen LogP contribution in [0.25, 0.3) is 0 Å². The van der Waals surface area contributed by atoms with Gasteiger partial charge in [-0.1, -0.05) is 17.7 Å². The summed E-state index contributed by atoms with van der Waals surface area (Å²) >= 11 is 0. The highest BCUT2D eigenvalue weighted by Gasteiger charge is 2.15. The van der Waals surface area contributed by atoms with Gasteiger partial charge in [0.05, 0.1) is 0 Å². The molecule has 0 aromatic heterocycles. The third-order valence-corrected chi connectivity index (χ3v) is 2.15. The Hall–Kier alpha value is -0.160. The second-order valence-electron chi connectivity index (χ2n) is 1.53. The lowest BCUT2D eigenvalue weighted by Crippen LogP contribution is -2.26. The van der Waals surface area contributed by atoms with Crippen molar-refractivity contribution < 1.29 is 12.3 Å². The molecule has 0 rings (SSSR count). The van der Waals surface area contributed by atoms with Gasteiger partial charge in [0, 0.05) is 13.1 Å². The summed E-state index contributed by atoms with van der Waals surface area (Å²) < 4.78 is 32.8. The van der Waals surface area contributed by atoms with Crippen molar-refractivity contribution in [2.75, 3.05) is 13.1 Å². The maximum absolute atomic E-state index is 12.0. The van der Waals surface area contributed by atoms with Gasteiger partial charge in [0.15, 0.2) is 0 Å². The molecule has 0 heterocycles. The zero-order valence-corrected chi connectivity index (χ0v) is 6.28. The Morgan fingerprint density at radius 3 is 1.67 bits per heavy atom. The van der Waals surface area contributed by atoms with Crippen LogP contribution in [0.5, 0.6) is 0 Å². The molecule has 0 saturated carbocycles. The third-order valence-electron chi connectivity index (χ3n) is 1.01. The second kappa shape index (κ2) is 3.12. The van der Waals surface area contributed by atoms with Crippen LogP contribution in [-0.2, 0) is 10.4 Å². The summed E-state index contributed by atoms with van der Waals surface area (Å²) in [5.41, 5.74) is 0. The fourth-order valence-corrected chi connectivity index (χ4v) is 1.15. The normalized spacial score (nSPS) is 12.4. The van der Waals surface area contributed by atoms with Gasteiger partial charge in [0.25, 0.3) is 0 Å². The first kappa shape index (κ1) is 8.84. The molecule has 3 nitrogen and oxygen atoms in total. The summed E-state index contributed by atoms with van der Waals surface area (Å²) in [4.78, 5) is 0. The van der Waals surface area contributed by atoms with E-state index >= 15 is 0 Å². The van der Waals surface area contributed by atoms with Crippen molar-refractivity contribution in [3.8, 4) is 0 Å². The van der Waals surface area contributed by atoms with Crippen molar-refractivity contribution in [2.24, 2.45) is 0 Å². The molecule has 0 aromatic rings. The van der Waals surface area contributed by atoms with Gasteiger partial charge < -0.3 is 0 Å². The van der Waals surface area contributed by atoms with Crippen molar-refractivity contribution in [1.82, 2.24) is 4.31 Å². The zero-order valence-electron chi connectivity index (χ0n) is 5.46. The molecule has 0 saturated heterocycles. The Kier molecular flexibility index (Phi) is 3.07. The molecule has 0 atom stereocenters. The van der Waals surface area contributed by atoms with Crippen LogP contribution < -0.4 is 0 Å². The standard InChI is InChI=1S/C4H10FNO2S/c1-3-6(4-2)9(5,7)8/h3-4H2,1-2H3. The molecule has 0 bridgehead atoms. The van der Waals surface area contributed by atoms with Crippen molar-refractivity contribution in [2.45, 2.75) is 13.8 Å². The Balaban J connectivity index is 4.14. The van der Waals surface area contributed by atoms with E-state index in [1.54, 1.807) is 13.8 Å². The Labute approximate surface area is 54.8 Å². The minimum atomic E-state index is -4.43. The minimum absolute atomic E-state index is 0.190. The van der Waals surface area contributed by atoms with Crippen LogP contribution in [0, 0.1) is 0 Å².